The Hall–Kier alpha value is -1.74. The Morgan fingerprint density at radius 1 is 0.328 bits per heavy atom. The van der Waals surface area contributed by atoms with Crippen LogP contribution in [0, 0.1) is 39.9 Å². The fraction of sp³-hybridized carbons (Fsp3) is 0.684. The van der Waals surface area contributed by atoms with Crippen LogP contribution in [0.15, 0.2) is 36.4 Å². The second kappa shape index (κ2) is 22.1. The summed E-state index contributed by atoms with van der Waals surface area (Å²) in [5, 5.41) is 32.2. The Morgan fingerprint density at radius 2 is 0.516 bits per heavy atom. The van der Waals surface area contributed by atoms with E-state index in [2.05, 4.69) is 176 Å². The van der Waals surface area contributed by atoms with Gasteiger partial charge in [0.05, 0.1) is 0 Å². The maximum absolute atomic E-state index is 10.7. The van der Waals surface area contributed by atoms with Gasteiger partial charge in [0.15, 0.2) is 0 Å². The van der Waals surface area contributed by atoms with Crippen LogP contribution in [-0.2, 0) is 52.1 Å². The van der Waals surface area contributed by atoms with E-state index in [1.54, 1.807) is 0 Å². The van der Waals surface area contributed by atoms with Crippen molar-refractivity contribution < 1.29 is 55.3 Å². The van der Waals surface area contributed by atoms with E-state index in [4.69, 9.17) is 0 Å². The van der Waals surface area contributed by atoms with Gasteiger partial charge in [0.1, 0.15) is 17.2 Å². The average Bonchev–Trinajstić information content (AvgIpc) is 3.94. The molecule has 3 aliphatic heterocycles. The standard InChI is InChI=1S/3C19H31NO.Gd/c3*1-18(2,3)15-11-14(13-20-9-7-8-10-20)17(21)16(12-15)19(4,5)6;/h3*11-12,21H,7-10,13H2,1-6H3;. The summed E-state index contributed by atoms with van der Waals surface area (Å²) in [4.78, 5) is 7.36. The molecule has 3 aromatic rings. The normalized spacial score (nSPS) is 17.2. The molecule has 3 N–H and O–H groups in total. The second-order valence-electron chi connectivity index (χ2n) is 25.5. The molecule has 362 valence electrons. The van der Waals surface area contributed by atoms with Crippen LogP contribution in [0.25, 0.3) is 0 Å². The maximum Gasteiger partial charge on any atom is 0.123 e. The van der Waals surface area contributed by atoms with Crippen molar-refractivity contribution >= 4 is 0 Å². The molecule has 3 saturated heterocycles. The van der Waals surface area contributed by atoms with Crippen molar-refractivity contribution in [1.82, 2.24) is 14.7 Å². The number of phenolic OH excluding ortho intramolecular Hbond substituents is 3. The number of nitrogens with zero attached hydrogens (tertiary/aromatic N) is 3. The zero-order chi connectivity index (χ0) is 47.5. The van der Waals surface area contributed by atoms with Crippen LogP contribution in [-0.4, -0.2) is 69.3 Å². The molecule has 0 unspecified atom stereocenters. The minimum absolute atomic E-state index is 0. The van der Waals surface area contributed by atoms with Crippen LogP contribution in [0.4, 0.5) is 0 Å². The smallest absolute Gasteiger partial charge is 0.123 e. The molecule has 0 amide bonds. The van der Waals surface area contributed by atoms with Gasteiger partial charge in [-0.3, -0.25) is 14.7 Å². The molecule has 0 radical (unpaired) electrons. The van der Waals surface area contributed by atoms with Crippen molar-refractivity contribution in [2.24, 2.45) is 0 Å². The van der Waals surface area contributed by atoms with E-state index in [0.29, 0.717) is 17.2 Å². The average molecular weight is 1030 g/mol. The van der Waals surface area contributed by atoms with E-state index in [0.717, 1.165) is 92.3 Å². The summed E-state index contributed by atoms with van der Waals surface area (Å²) in [6, 6.07) is 13.2. The first-order valence-corrected chi connectivity index (χ1v) is 24.5. The second-order valence-corrected chi connectivity index (χ2v) is 25.5. The van der Waals surface area contributed by atoms with E-state index in [9.17, 15) is 15.3 Å². The van der Waals surface area contributed by atoms with E-state index in [-0.39, 0.29) is 72.4 Å². The van der Waals surface area contributed by atoms with Crippen molar-refractivity contribution in [3.05, 3.63) is 86.5 Å². The zero-order valence-corrected chi connectivity index (χ0v) is 46.4. The number of aromatic hydroxyl groups is 3. The maximum atomic E-state index is 10.7. The first-order valence-electron chi connectivity index (χ1n) is 24.5. The summed E-state index contributed by atoms with van der Waals surface area (Å²) in [6.07, 6.45) is 7.70. The fourth-order valence-electron chi connectivity index (χ4n) is 9.00. The summed E-state index contributed by atoms with van der Waals surface area (Å²) in [5.41, 5.74) is 10.7. The molecule has 0 aromatic heterocycles. The first-order chi connectivity index (χ1) is 28.8. The molecular weight excluding hydrogens is 932 g/mol. The van der Waals surface area contributed by atoms with Gasteiger partial charge in [-0.05, 0) is 144 Å². The fourth-order valence-corrected chi connectivity index (χ4v) is 9.00. The molecule has 0 aliphatic carbocycles. The zero-order valence-electron chi connectivity index (χ0n) is 44.1. The predicted octanol–water partition coefficient (Wildman–Crippen LogP) is 13.7. The molecule has 64 heavy (non-hydrogen) atoms. The molecule has 3 aliphatic rings. The van der Waals surface area contributed by atoms with Crippen molar-refractivity contribution in [3.8, 4) is 17.2 Å². The van der Waals surface area contributed by atoms with Gasteiger partial charge in [-0.2, -0.15) is 0 Å². The Labute approximate surface area is 425 Å². The van der Waals surface area contributed by atoms with Crippen LogP contribution < -0.4 is 0 Å². The van der Waals surface area contributed by atoms with E-state index in [1.807, 2.05) is 0 Å². The van der Waals surface area contributed by atoms with Gasteiger partial charge in [-0.1, -0.05) is 161 Å². The monoisotopic (exact) mass is 1030 g/mol. The predicted molar refractivity (Wildman–Crippen MR) is 270 cm³/mol. The van der Waals surface area contributed by atoms with Gasteiger partial charge in [0.2, 0.25) is 0 Å². The molecule has 0 saturated carbocycles. The van der Waals surface area contributed by atoms with Crippen LogP contribution in [0.1, 0.15) is 213 Å². The molecule has 6 rings (SSSR count). The Balaban J connectivity index is 0.000000253. The van der Waals surface area contributed by atoms with Gasteiger partial charge in [-0.15, -0.1) is 0 Å². The van der Waals surface area contributed by atoms with Gasteiger partial charge < -0.3 is 15.3 Å². The molecule has 3 aromatic carbocycles. The first kappa shape index (κ1) is 56.6. The van der Waals surface area contributed by atoms with Crippen LogP contribution in [0.2, 0.25) is 0 Å². The molecule has 6 nitrogen and oxygen atoms in total. The molecule has 0 bridgehead atoms. The third kappa shape index (κ3) is 15.9. The van der Waals surface area contributed by atoms with E-state index >= 15 is 0 Å². The van der Waals surface area contributed by atoms with Gasteiger partial charge >= 0.3 is 0 Å². The number of benzene rings is 3. The molecule has 0 atom stereocenters. The summed E-state index contributed by atoms with van der Waals surface area (Å²) in [6.45, 7) is 49.3. The summed E-state index contributed by atoms with van der Waals surface area (Å²) in [5.74, 6) is 1.51. The molecule has 7 heteroatoms. The van der Waals surface area contributed by atoms with E-state index in [1.165, 1.54) is 55.2 Å². The summed E-state index contributed by atoms with van der Waals surface area (Å²) >= 11 is 0. The third-order valence-corrected chi connectivity index (χ3v) is 13.4. The summed E-state index contributed by atoms with van der Waals surface area (Å²) in [7, 11) is 0. The SMILES string of the molecule is CC(C)(C)c1cc(CN2CCCC2)c(O)c(C(C)(C)C)c1.CC(C)(C)c1cc(CN2CCCC2)c(O)c(C(C)(C)C)c1.CC(C)(C)c1cc(CN2CCCC2)c(O)c(C(C)(C)C)c1.[Gd]. The van der Waals surface area contributed by atoms with Crippen molar-refractivity contribution in [2.45, 2.75) is 215 Å². The third-order valence-electron chi connectivity index (χ3n) is 13.4. The molecule has 3 heterocycles. The number of likely N-dealkylation sites (tertiary alicyclic amines) is 3. The number of hydrogen-bond donors (Lipinski definition) is 3. The largest absolute Gasteiger partial charge is 0.507 e. The molecular formula is C57H93GdN3O3. The topological polar surface area (TPSA) is 70.4 Å². The quantitative estimate of drug-likeness (QED) is 0.229. The van der Waals surface area contributed by atoms with Crippen molar-refractivity contribution in [1.29, 1.82) is 0 Å². The van der Waals surface area contributed by atoms with Crippen LogP contribution in [0.3, 0.4) is 0 Å². The minimum atomic E-state index is -0.0366. The van der Waals surface area contributed by atoms with Crippen LogP contribution >= 0.6 is 0 Å². The molecule has 3 fully saturated rings. The van der Waals surface area contributed by atoms with Crippen molar-refractivity contribution in [2.75, 3.05) is 39.3 Å². The van der Waals surface area contributed by atoms with Crippen LogP contribution in [0.5, 0.6) is 17.2 Å². The number of hydrogen-bond acceptors (Lipinski definition) is 6. The van der Waals surface area contributed by atoms with Gasteiger partial charge in [-0.25, -0.2) is 0 Å². The number of phenols is 3. The van der Waals surface area contributed by atoms with E-state index < -0.39 is 0 Å². The van der Waals surface area contributed by atoms with Gasteiger partial charge in [0.25, 0.3) is 0 Å². The summed E-state index contributed by atoms with van der Waals surface area (Å²) < 4.78 is 0. The minimum Gasteiger partial charge on any atom is -0.507 e. The molecule has 0 spiro atoms. The Bertz CT molecular complexity index is 1730. The Kier molecular flexibility index (Phi) is 19.6. The van der Waals surface area contributed by atoms with Crippen molar-refractivity contribution in [3.63, 3.8) is 0 Å². The Morgan fingerprint density at radius 3 is 0.672 bits per heavy atom. The van der Waals surface area contributed by atoms with Gasteiger partial charge in [0, 0.05) is 76.3 Å². The number of rotatable bonds is 6.